The lowest BCUT2D eigenvalue weighted by atomic mass is 9.95. The van der Waals surface area contributed by atoms with Crippen molar-refractivity contribution in [1.29, 1.82) is 0 Å². The first-order valence-electron chi connectivity index (χ1n) is 11.7. The van der Waals surface area contributed by atoms with Crippen LogP contribution in [0.2, 0.25) is 36.3 Å². The lowest BCUT2D eigenvalue weighted by Gasteiger charge is -2.45. The lowest BCUT2D eigenvalue weighted by molar-refractivity contribution is -0.0906. The zero-order valence-corrected chi connectivity index (χ0v) is 24.6. The van der Waals surface area contributed by atoms with Crippen LogP contribution in [0.5, 0.6) is 0 Å². The highest BCUT2D eigenvalue weighted by atomic mass is 32.2. The molecule has 1 heterocycles. The van der Waals surface area contributed by atoms with Gasteiger partial charge in [0, 0.05) is 11.3 Å². The summed E-state index contributed by atoms with van der Waals surface area (Å²) < 4.78 is 20.6. The summed E-state index contributed by atoms with van der Waals surface area (Å²) in [6, 6.07) is 10.6. The fourth-order valence-corrected chi connectivity index (χ4v) is 6.79. The second-order valence-electron chi connectivity index (χ2n) is 12.0. The predicted molar refractivity (Wildman–Crippen MR) is 140 cm³/mol. The van der Waals surface area contributed by atoms with Gasteiger partial charge in [-0.25, -0.2) is 0 Å². The van der Waals surface area contributed by atoms with E-state index in [0.717, 1.165) is 12.8 Å². The quantitative estimate of drug-likeness (QED) is 0.350. The first-order chi connectivity index (χ1) is 14.0. The fourth-order valence-electron chi connectivity index (χ4n) is 3.25. The molecule has 0 amide bonds. The number of benzene rings is 1. The van der Waals surface area contributed by atoms with E-state index in [1.54, 1.807) is 0 Å². The minimum atomic E-state index is -1.94. The topological polar surface area (TPSA) is 27.7 Å². The third kappa shape index (κ3) is 6.48. The van der Waals surface area contributed by atoms with Crippen LogP contribution in [0.1, 0.15) is 61.3 Å². The van der Waals surface area contributed by atoms with Gasteiger partial charge < -0.3 is 13.6 Å². The van der Waals surface area contributed by atoms with Crippen molar-refractivity contribution < 1.29 is 13.6 Å². The van der Waals surface area contributed by atoms with Crippen LogP contribution >= 0.6 is 11.8 Å². The largest absolute Gasteiger partial charge is 0.414 e. The van der Waals surface area contributed by atoms with Crippen molar-refractivity contribution in [1.82, 2.24) is 0 Å². The third-order valence-electron chi connectivity index (χ3n) is 7.70. The minimum Gasteiger partial charge on any atom is -0.414 e. The molecule has 3 atom stereocenters. The molecule has 2 rings (SSSR count). The van der Waals surface area contributed by atoms with Crippen LogP contribution < -0.4 is 0 Å². The number of rotatable bonds is 8. The molecule has 1 aromatic rings. The van der Waals surface area contributed by atoms with Crippen molar-refractivity contribution in [2.75, 3.05) is 6.61 Å². The Hall–Kier alpha value is -0.116. The average Bonchev–Trinajstić information content (AvgIpc) is 2.96. The molecule has 0 spiro atoms. The van der Waals surface area contributed by atoms with Crippen LogP contribution in [0, 0.1) is 0 Å². The van der Waals surface area contributed by atoms with Gasteiger partial charge in [-0.1, -0.05) is 78.4 Å². The van der Waals surface area contributed by atoms with Crippen molar-refractivity contribution in [2.45, 2.75) is 120 Å². The Morgan fingerprint density at radius 3 is 2.00 bits per heavy atom. The molecular formula is C25H46O3SSi2. The third-order valence-corrected chi connectivity index (χ3v) is 17.8. The summed E-state index contributed by atoms with van der Waals surface area (Å²) in [5.74, 6) is 0. The minimum absolute atomic E-state index is 0.0596. The van der Waals surface area contributed by atoms with Gasteiger partial charge in [0.05, 0.1) is 12.7 Å². The first-order valence-corrected chi connectivity index (χ1v) is 18.4. The van der Waals surface area contributed by atoms with Crippen LogP contribution in [0.3, 0.4) is 0 Å². The van der Waals surface area contributed by atoms with E-state index in [0.29, 0.717) is 6.61 Å². The van der Waals surface area contributed by atoms with Gasteiger partial charge in [0.15, 0.2) is 16.6 Å². The van der Waals surface area contributed by atoms with Crippen molar-refractivity contribution in [3.8, 4) is 0 Å². The molecule has 1 saturated heterocycles. The Morgan fingerprint density at radius 1 is 0.968 bits per heavy atom. The zero-order valence-electron chi connectivity index (χ0n) is 21.8. The molecule has 0 bridgehead atoms. The Morgan fingerprint density at radius 2 is 1.52 bits per heavy atom. The summed E-state index contributed by atoms with van der Waals surface area (Å²) in [5.41, 5.74) is -0.308. The Kier molecular flexibility index (Phi) is 8.43. The van der Waals surface area contributed by atoms with Gasteiger partial charge in [-0.3, -0.25) is 0 Å². The summed E-state index contributed by atoms with van der Waals surface area (Å²) in [4.78, 5) is 1.25. The number of hydrogen-bond donors (Lipinski definition) is 0. The molecule has 0 aliphatic carbocycles. The first kappa shape index (κ1) is 27.1. The normalized spacial score (nSPS) is 25.8. The SMILES string of the molecule is CC[C@]1(CO[Si](C)(C)C(C)(C)C)OC(Sc2ccccc2)C[C@H]1O[Si](C)(C)C(C)(C)C. The Labute approximate surface area is 198 Å². The van der Waals surface area contributed by atoms with Crippen molar-refractivity contribution in [2.24, 2.45) is 0 Å². The number of thioether (sulfide) groups is 1. The predicted octanol–water partition coefficient (Wildman–Crippen LogP) is 8.09. The molecule has 0 radical (unpaired) electrons. The van der Waals surface area contributed by atoms with Crippen LogP contribution in [0.25, 0.3) is 0 Å². The van der Waals surface area contributed by atoms with Crippen LogP contribution in [-0.4, -0.2) is 40.4 Å². The molecule has 6 heteroatoms. The molecule has 1 aliphatic rings. The second kappa shape index (κ2) is 9.63. The molecule has 0 aromatic heterocycles. The number of ether oxygens (including phenoxy) is 1. The van der Waals surface area contributed by atoms with E-state index in [4.69, 9.17) is 13.6 Å². The average molecular weight is 483 g/mol. The highest BCUT2D eigenvalue weighted by molar-refractivity contribution is 7.99. The Bertz CT molecular complexity index is 710. The maximum atomic E-state index is 7.02. The van der Waals surface area contributed by atoms with Gasteiger partial charge in [-0.15, -0.1) is 0 Å². The molecule has 1 aliphatic heterocycles. The van der Waals surface area contributed by atoms with Crippen molar-refractivity contribution in [3.63, 3.8) is 0 Å². The van der Waals surface area contributed by atoms with E-state index in [1.807, 2.05) is 11.8 Å². The van der Waals surface area contributed by atoms with E-state index in [1.165, 1.54) is 4.90 Å². The van der Waals surface area contributed by atoms with Crippen molar-refractivity contribution >= 4 is 28.4 Å². The fraction of sp³-hybridized carbons (Fsp3) is 0.760. The van der Waals surface area contributed by atoms with Crippen LogP contribution in [0.15, 0.2) is 35.2 Å². The molecule has 1 aromatic carbocycles. The summed E-state index contributed by atoms with van der Waals surface area (Å²) in [5, 5.41) is 0.339. The van der Waals surface area contributed by atoms with Gasteiger partial charge >= 0.3 is 0 Å². The maximum Gasteiger partial charge on any atom is 0.192 e. The highest BCUT2D eigenvalue weighted by Crippen LogP contribution is 2.47. The smallest absolute Gasteiger partial charge is 0.192 e. The molecule has 0 N–H and O–H groups in total. The summed E-state index contributed by atoms with van der Waals surface area (Å²) in [6.07, 6.45) is 1.86. The lowest BCUT2D eigenvalue weighted by Crippen LogP contribution is -2.54. The van der Waals surface area contributed by atoms with Gasteiger partial charge in [0.2, 0.25) is 0 Å². The molecular weight excluding hydrogens is 437 g/mol. The summed E-state index contributed by atoms with van der Waals surface area (Å²) in [7, 11) is -3.83. The zero-order chi connectivity index (χ0) is 23.7. The van der Waals surface area contributed by atoms with Gasteiger partial charge in [-0.2, -0.15) is 0 Å². The van der Waals surface area contributed by atoms with E-state index in [-0.39, 0.29) is 21.6 Å². The number of hydrogen-bond acceptors (Lipinski definition) is 4. The molecule has 1 unspecified atom stereocenters. The molecule has 1 fully saturated rings. The second-order valence-corrected chi connectivity index (χ2v) is 22.8. The van der Waals surface area contributed by atoms with Gasteiger partial charge in [0.25, 0.3) is 0 Å². The van der Waals surface area contributed by atoms with Crippen molar-refractivity contribution in [3.05, 3.63) is 30.3 Å². The molecule has 178 valence electrons. The standard InChI is InChI=1S/C25H46O3SSi2/c1-12-25(19-26-30(8,9)23(2,3)4)21(28-31(10,11)24(5,6)7)18-22(27-25)29-20-16-14-13-15-17-20/h13-17,21-22H,12,18-19H2,1-11H3/t21-,22?,25-/m1/s1. The van der Waals surface area contributed by atoms with Crippen LogP contribution in [-0.2, 0) is 13.6 Å². The Balaban J connectivity index is 2.30. The molecule has 31 heavy (non-hydrogen) atoms. The van der Waals surface area contributed by atoms with Crippen LogP contribution in [0.4, 0.5) is 0 Å². The highest BCUT2D eigenvalue weighted by Gasteiger charge is 2.53. The van der Waals surface area contributed by atoms with E-state index in [2.05, 4.69) is 105 Å². The van der Waals surface area contributed by atoms with Gasteiger partial charge in [-0.05, 0) is 54.8 Å². The van der Waals surface area contributed by atoms with E-state index in [9.17, 15) is 0 Å². The monoisotopic (exact) mass is 482 g/mol. The van der Waals surface area contributed by atoms with E-state index >= 15 is 0 Å². The van der Waals surface area contributed by atoms with E-state index < -0.39 is 22.2 Å². The maximum absolute atomic E-state index is 7.02. The van der Waals surface area contributed by atoms with Gasteiger partial charge in [0.1, 0.15) is 11.0 Å². The summed E-state index contributed by atoms with van der Waals surface area (Å²) in [6.45, 7) is 26.0. The molecule has 3 nitrogen and oxygen atoms in total. The summed E-state index contributed by atoms with van der Waals surface area (Å²) >= 11 is 1.81. The molecule has 0 saturated carbocycles.